The summed E-state index contributed by atoms with van der Waals surface area (Å²) in [6.45, 7) is 10.7. The predicted octanol–water partition coefficient (Wildman–Crippen LogP) is 8.38. The zero-order chi connectivity index (χ0) is 32.9. The SMILES string of the molecule is CCCCCc1ccc(CCCc2ccc(CCC(C)(C)CC(=O)N3CCN(Cc4ccc(OC)c(OC)c4OC)CC3)s2)cc1. The Hall–Kier alpha value is -3.03. The molecule has 0 saturated carbocycles. The fourth-order valence-corrected chi connectivity index (χ4v) is 7.42. The number of ether oxygens (including phenoxy) is 3. The van der Waals surface area contributed by atoms with E-state index < -0.39 is 0 Å². The number of unbranched alkanes of at least 4 members (excludes halogenated alkanes) is 2. The molecule has 7 heteroatoms. The third-order valence-corrected chi connectivity index (χ3v) is 10.5. The minimum Gasteiger partial charge on any atom is -0.493 e. The molecule has 2 aromatic carbocycles. The summed E-state index contributed by atoms with van der Waals surface area (Å²) in [6, 6.07) is 17.9. The number of hydrogen-bond acceptors (Lipinski definition) is 6. The number of rotatable bonds is 18. The highest BCUT2D eigenvalue weighted by Crippen LogP contribution is 2.40. The maximum atomic E-state index is 13.3. The van der Waals surface area contributed by atoms with Crippen molar-refractivity contribution in [3.8, 4) is 17.2 Å². The highest BCUT2D eigenvalue weighted by molar-refractivity contribution is 7.11. The van der Waals surface area contributed by atoms with Crippen LogP contribution in [0, 0.1) is 5.41 Å². The number of carbonyl (C=O) groups excluding carboxylic acids is 1. The molecule has 0 spiro atoms. The predicted molar refractivity (Wildman–Crippen MR) is 191 cm³/mol. The average Bonchev–Trinajstić information content (AvgIpc) is 3.52. The fraction of sp³-hybridized carbons (Fsp3) is 0.564. The van der Waals surface area contributed by atoms with Gasteiger partial charge in [-0.05, 0) is 79.7 Å². The van der Waals surface area contributed by atoms with Crippen LogP contribution in [-0.2, 0) is 37.0 Å². The Labute approximate surface area is 282 Å². The van der Waals surface area contributed by atoms with E-state index in [-0.39, 0.29) is 11.3 Å². The molecule has 0 atom stereocenters. The van der Waals surface area contributed by atoms with Crippen molar-refractivity contribution in [2.75, 3.05) is 47.5 Å². The van der Waals surface area contributed by atoms with Crippen LogP contribution in [0.2, 0.25) is 0 Å². The summed E-state index contributed by atoms with van der Waals surface area (Å²) in [5.41, 5.74) is 3.94. The van der Waals surface area contributed by atoms with Crippen molar-refractivity contribution < 1.29 is 19.0 Å². The normalized spacial score (nSPS) is 14.0. The van der Waals surface area contributed by atoms with Crippen LogP contribution in [0.15, 0.2) is 48.5 Å². The number of methoxy groups -OCH3 is 3. The molecule has 1 saturated heterocycles. The van der Waals surface area contributed by atoms with E-state index in [0.717, 1.165) is 64.0 Å². The molecule has 1 aromatic heterocycles. The standard InChI is InChI=1S/C39H56N2O4S/c1-7-8-9-11-30-14-16-31(17-15-30)12-10-13-33-19-20-34(46-33)22-23-39(2,3)28-36(42)41-26-24-40(25-27-41)29-32-18-21-35(43-4)38(45-6)37(32)44-5/h14-21H,7-13,22-29H2,1-6H3. The summed E-state index contributed by atoms with van der Waals surface area (Å²) in [4.78, 5) is 20.7. The van der Waals surface area contributed by atoms with Gasteiger partial charge in [0.05, 0.1) is 21.3 Å². The molecule has 2 heterocycles. The Morgan fingerprint density at radius 1 is 0.739 bits per heavy atom. The quantitative estimate of drug-likeness (QED) is 0.130. The lowest BCUT2D eigenvalue weighted by molar-refractivity contribution is -0.135. The second-order valence-electron chi connectivity index (χ2n) is 13.5. The average molecular weight is 649 g/mol. The number of amides is 1. The fourth-order valence-electron chi connectivity index (χ4n) is 6.36. The highest BCUT2D eigenvalue weighted by Gasteiger charge is 2.28. The molecule has 0 radical (unpaired) electrons. The summed E-state index contributed by atoms with van der Waals surface area (Å²) < 4.78 is 16.7. The minimum absolute atomic E-state index is 0.0336. The van der Waals surface area contributed by atoms with E-state index in [1.165, 1.54) is 53.0 Å². The molecule has 3 aromatic rings. The summed E-state index contributed by atoms with van der Waals surface area (Å²) in [7, 11) is 4.92. The number of thiophene rings is 1. The second-order valence-corrected chi connectivity index (χ2v) is 14.7. The first kappa shape index (κ1) is 35.8. The van der Waals surface area contributed by atoms with Crippen molar-refractivity contribution in [3.05, 3.63) is 75.0 Å². The zero-order valence-electron chi connectivity index (χ0n) is 29.2. The van der Waals surface area contributed by atoms with Crippen LogP contribution in [0.3, 0.4) is 0 Å². The van der Waals surface area contributed by atoms with Crippen molar-refractivity contribution >= 4 is 17.2 Å². The van der Waals surface area contributed by atoms with E-state index in [1.54, 1.807) is 21.3 Å². The molecular weight excluding hydrogens is 593 g/mol. The van der Waals surface area contributed by atoms with Gasteiger partial charge >= 0.3 is 0 Å². The first-order valence-electron chi connectivity index (χ1n) is 17.2. The van der Waals surface area contributed by atoms with Gasteiger partial charge < -0.3 is 19.1 Å². The van der Waals surface area contributed by atoms with E-state index >= 15 is 0 Å². The Balaban J connectivity index is 1.17. The van der Waals surface area contributed by atoms with E-state index in [0.29, 0.717) is 23.7 Å². The maximum absolute atomic E-state index is 13.3. The lowest BCUT2D eigenvalue weighted by atomic mass is 9.83. The molecule has 4 rings (SSSR count). The zero-order valence-corrected chi connectivity index (χ0v) is 30.0. The summed E-state index contributed by atoms with van der Waals surface area (Å²) >= 11 is 1.95. The molecule has 1 aliphatic rings. The molecule has 46 heavy (non-hydrogen) atoms. The maximum Gasteiger partial charge on any atom is 0.223 e. The number of piperazine rings is 1. The van der Waals surface area contributed by atoms with E-state index in [1.807, 2.05) is 28.4 Å². The highest BCUT2D eigenvalue weighted by atomic mass is 32.1. The Kier molecular flexibility index (Phi) is 13.8. The van der Waals surface area contributed by atoms with Gasteiger partial charge in [0.1, 0.15) is 0 Å². The van der Waals surface area contributed by atoms with Gasteiger partial charge in [-0.2, -0.15) is 0 Å². The largest absolute Gasteiger partial charge is 0.493 e. The molecule has 0 N–H and O–H groups in total. The number of hydrogen-bond donors (Lipinski definition) is 0. The Morgan fingerprint density at radius 3 is 1.98 bits per heavy atom. The van der Waals surface area contributed by atoms with Gasteiger partial charge in [-0.3, -0.25) is 9.69 Å². The van der Waals surface area contributed by atoms with Crippen LogP contribution in [0.4, 0.5) is 0 Å². The van der Waals surface area contributed by atoms with Gasteiger partial charge in [0, 0.05) is 54.5 Å². The number of carbonyl (C=O) groups is 1. The lowest BCUT2D eigenvalue weighted by Gasteiger charge is -2.36. The molecule has 0 aliphatic carbocycles. The van der Waals surface area contributed by atoms with Gasteiger partial charge in [0.15, 0.2) is 11.5 Å². The smallest absolute Gasteiger partial charge is 0.223 e. The van der Waals surface area contributed by atoms with Crippen LogP contribution in [-0.4, -0.2) is 63.2 Å². The van der Waals surface area contributed by atoms with Crippen LogP contribution in [0.5, 0.6) is 17.2 Å². The van der Waals surface area contributed by atoms with E-state index in [4.69, 9.17) is 14.2 Å². The van der Waals surface area contributed by atoms with Gasteiger partial charge in [-0.15, -0.1) is 11.3 Å². The minimum atomic E-state index is -0.0336. The Bertz CT molecular complexity index is 1360. The van der Waals surface area contributed by atoms with Crippen LogP contribution in [0.1, 0.15) is 85.7 Å². The number of benzene rings is 2. The molecule has 1 fully saturated rings. The first-order valence-corrected chi connectivity index (χ1v) is 18.0. The number of nitrogens with zero attached hydrogens (tertiary/aromatic N) is 2. The molecular formula is C39H56N2O4S. The molecule has 1 aliphatic heterocycles. The lowest BCUT2D eigenvalue weighted by Crippen LogP contribution is -2.49. The third-order valence-electron chi connectivity index (χ3n) is 9.28. The van der Waals surface area contributed by atoms with Crippen LogP contribution >= 0.6 is 11.3 Å². The van der Waals surface area contributed by atoms with E-state index in [2.05, 4.69) is 62.1 Å². The molecule has 0 bridgehead atoms. The molecule has 1 amide bonds. The Morgan fingerprint density at radius 2 is 1.37 bits per heavy atom. The topological polar surface area (TPSA) is 51.2 Å². The van der Waals surface area contributed by atoms with E-state index in [9.17, 15) is 4.79 Å². The van der Waals surface area contributed by atoms with Crippen molar-refractivity contribution in [2.24, 2.45) is 5.41 Å². The third kappa shape index (κ3) is 10.5. The van der Waals surface area contributed by atoms with Crippen molar-refractivity contribution in [1.82, 2.24) is 9.80 Å². The summed E-state index contributed by atoms with van der Waals surface area (Å²) in [5.74, 6) is 2.25. The van der Waals surface area contributed by atoms with Gasteiger partial charge in [-0.1, -0.05) is 63.9 Å². The van der Waals surface area contributed by atoms with Crippen LogP contribution in [0.25, 0.3) is 0 Å². The number of aryl methyl sites for hydroxylation is 4. The van der Waals surface area contributed by atoms with Gasteiger partial charge in [0.2, 0.25) is 11.7 Å². The second kappa shape index (κ2) is 17.8. The van der Waals surface area contributed by atoms with Crippen molar-refractivity contribution in [2.45, 2.75) is 91.5 Å². The van der Waals surface area contributed by atoms with Crippen LogP contribution < -0.4 is 14.2 Å². The van der Waals surface area contributed by atoms with Gasteiger partial charge in [-0.25, -0.2) is 0 Å². The first-order chi connectivity index (χ1) is 22.2. The monoisotopic (exact) mass is 648 g/mol. The molecule has 252 valence electrons. The van der Waals surface area contributed by atoms with Crippen molar-refractivity contribution in [3.63, 3.8) is 0 Å². The van der Waals surface area contributed by atoms with Crippen molar-refractivity contribution in [1.29, 1.82) is 0 Å². The van der Waals surface area contributed by atoms with Gasteiger partial charge in [0.25, 0.3) is 0 Å². The molecule has 6 nitrogen and oxygen atoms in total. The molecule has 0 unspecified atom stereocenters. The summed E-state index contributed by atoms with van der Waals surface area (Å²) in [6.07, 6.45) is 11.2. The summed E-state index contributed by atoms with van der Waals surface area (Å²) in [5, 5.41) is 0.